The molecule has 2 nitrogen and oxygen atoms in total. The molecular weight excluding hydrogens is 83.9 g/mol. The van der Waals surface area contributed by atoms with Gasteiger partial charge in [-0.2, -0.15) is 0 Å². The summed E-state index contributed by atoms with van der Waals surface area (Å²) >= 11 is 0. The minimum atomic E-state index is 0. The van der Waals surface area contributed by atoms with E-state index in [1.807, 2.05) is 0 Å². The Labute approximate surface area is 39.5 Å². The van der Waals surface area contributed by atoms with Crippen molar-refractivity contribution < 1.29 is 38.8 Å². The van der Waals surface area contributed by atoms with Gasteiger partial charge in [0.2, 0.25) is 0 Å². The van der Waals surface area contributed by atoms with Crippen LogP contribution in [-0.2, 0) is 32.7 Å². The van der Waals surface area contributed by atoms with Crippen LogP contribution < -0.4 is 0 Å². The second-order valence-electron chi connectivity index (χ2n) is 0. The van der Waals surface area contributed by atoms with Gasteiger partial charge in [-0.3, -0.25) is 0 Å². The molecule has 4 heteroatoms. The molecule has 0 unspecified atom stereocenters. The van der Waals surface area contributed by atoms with E-state index in [0.29, 0.717) is 0 Å². The fourth-order valence-electron chi connectivity index (χ4n) is 0. The maximum Gasteiger partial charge on any atom is 4.00 e. The first-order valence-corrected chi connectivity index (χ1v) is 0. The third-order valence-electron chi connectivity index (χ3n) is 0. The van der Waals surface area contributed by atoms with E-state index in [-0.39, 0.29) is 38.8 Å². The average Bonchev–Trinajstić information content (AvgIpc) is 0. The fourth-order valence-corrected chi connectivity index (χ4v) is 0. The van der Waals surface area contributed by atoms with E-state index in [1.54, 1.807) is 0 Å². The van der Waals surface area contributed by atoms with Crippen LogP contribution >= 0.6 is 0 Å². The zero-order valence-corrected chi connectivity index (χ0v) is 3.59. The Morgan fingerprint density at radius 2 is 0.750 bits per heavy atom. The van der Waals surface area contributed by atoms with Gasteiger partial charge >= 0.3 is 21.7 Å². The molecule has 0 atom stereocenters. The SMILES string of the molecule is [He].[O-2].[O-2].[Ti+4]. The third kappa shape index (κ3) is 20.5. The molecule has 0 aromatic rings. The Morgan fingerprint density at radius 1 is 0.750 bits per heavy atom. The Hall–Kier alpha value is 0.543. The van der Waals surface area contributed by atoms with Crippen LogP contribution in [0.2, 0.25) is 0 Å². The second kappa shape index (κ2) is 77.6. The monoisotopic (exact) mass is 83.9 g/mol. The normalized spacial score (nSPS) is 0. The minimum Gasteiger partial charge on any atom is -2.00 e. The number of hydrogen-bond acceptors (Lipinski definition) is 0. The van der Waals surface area contributed by atoms with E-state index in [0.717, 1.165) is 0 Å². The first kappa shape index (κ1) is 193. The molecule has 0 heterocycles. The molecule has 0 fully saturated rings. The van der Waals surface area contributed by atoms with Crippen LogP contribution in [0.5, 0.6) is 0 Å². The minimum absolute atomic E-state index is 0. The third-order valence-corrected chi connectivity index (χ3v) is 0. The summed E-state index contributed by atoms with van der Waals surface area (Å²) in [5, 5.41) is 0. The Morgan fingerprint density at radius 3 is 0.750 bits per heavy atom. The van der Waals surface area contributed by atoms with Gasteiger partial charge in [-0.1, -0.05) is 0 Å². The van der Waals surface area contributed by atoms with Crippen molar-refractivity contribution in [2.75, 3.05) is 0 Å². The van der Waals surface area contributed by atoms with Crippen molar-refractivity contribution in [3.8, 4) is 0 Å². The van der Waals surface area contributed by atoms with E-state index >= 15 is 0 Å². The van der Waals surface area contributed by atoms with Crippen molar-refractivity contribution in [3.63, 3.8) is 0 Å². The molecule has 0 rings (SSSR count). The predicted octanol–water partition coefficient (Wildman–Crippen LogP) is -0.240. The summed E-state index contributed by atoms with van der Waals surface area (Å²) in [5.74, 6) is 0. The Kier molecular flexibility index (Phi) is 3750. The summed E-state index contributed by atoms with van der Waals surface area (Å²) in [6.07, 6.45) is 0. The van der Waals surface area contributed by atoms with Crippen molar-refractivity contribution >= 4 is 0 Å². The van der Waals surface area contributed by atoms with Crippen molar-refractivity contribution in [2.24, 2.45) is 0 Å². The molecule has 0 radical (unpaired) electrons. The van der Waals surface area contributed by atoms with Crippen LogP contribution in [0.3, 0.4) is 0 Å². The second-order valence-corrected chi connectivity index (χ2v) is 0. The van der Waals surface area contributed by atoms with Crippen molar-refractivity contribution in [3.05, 3.63) is 0 Å². The van der Waals surface area contributed by atoms with E-state index in [9.17, 15) is 0 Å². The van der Waals surface area contributed by atoms with E-state index in [4.69, 9.17) is 0 Å². The van der Waals surface area contributed by atoms with E-state index in [1.165, 1.54) is 0 Å². The number of hydrogen-bond donors (Lipinski definition) is 0. The molecule has 0 aliphatic carbocycles. The van der Waals surface area contributed by atoms with Gasteiger partial charge in [-0.25, -0.2) is 0 Å². The molecule has 0 amide bonds. The maximum atomic E-state index is 0. The van der Waals surface area contributed by atoms with E-state index < -0.39 is 0 Å². The summed E-state index contributed by atoms with van der Waals surface area (Å²) in [5.41, 5.74) is 0. The van der Waals surface area contributed by atoms with Gasteiger partial charge in [-0.15, -0.1) is 0 Å². The molecule has 0 aromatic carbocycles. The van der Waals surface area contributed by atoms with Crippen LogP contribution in [0.25, 0.3) is 0 Å². The van der Waals surface area contributed by atoms with Gasteiger partial charge in [0.15, 0.2) is 0 Å². The van der Waals surface area contributed by atoms with Gasteiger partial charge in [-0.05, 0) is 0 Å². The van der Waals surface area contributed by atoms with Gasteiger partial charge in [0, 0.05) is 6.15 Å². The quantitative estimate of drug-likeness (QED) is 0.363. The molecule has 0 saturated carbocycles. The molecule has 0 aromatic heterocycles. The molecule has 0 spiro atoms. The average molecular weight is 83.9 g/mol. The smallest absolute Gasteiger partial charge is 2.00 e. The van der Waals surface area contributed by atoms with Crippen LogP contribution in [0, 0.1) is 6.15 Å². The van der Waals surface area contributed by atoms with Crippen LogP contribution in [-0.4, -0.2) is 0 Å². The largest absolute Gasteiger partial charge is 4.00 e. The summed E-state index contributed by atoms with van der Waals surface area (Å²) in [6, 6.07) is 0. The van der Waals surface area contributed by atoms with Gasteiger partial charge < -0.3 is 11.0 Å². The summed E-state index contributed by atoms with van der Waals surface area (Å²) in [6.45, 7) is 0. The Bertz CT molecular complexity index is 6.00. The molecule has 0 saturated heterocycles. The first-order chi connectivity index (χ1) is 0. The zero-order valence-electron chi connectivity index (χ0n) is 2.02. The van der Waals surface area contributed by atoms with Crippen molar-refractivity contribution in [2.45, 2.75) is 0 Å². The van der Waals surface area contributed by atoms with Crippen molar-refractivity contribution in [1.82, 2.24) is 0 Å². The molecule has 0 N–H and O–H groups in total. The Balaban J connectivity index is 0. The summed E-state index contributed by atoms with van der Waals surface area (Å²) in [4.78, 5) is 0. The van der Waals surface area contributed by atoms with Crippen molar-refractivity contribution in [1.29, 1.82) is 0 Å². The summed E-state index contributed by atoms with van der Waals surface area (Å²) < 4.78 is 0. The summed E-state index contributed by atoms with van der Waals surface area (Å²) in [7, 11) is 0. The van der Waals surface area contributed by atoms with Crippen LogP contribution in [0.15, 0.2) is 0 Å². The first-order valence-electron chi connectivity index (χ1n) is 0. The fraction of sp³-hybridized carbons (Fsp3) is 0. The molecule has 4 heavy (non-hydrogen) atoms. The molecule has 0 aliphatic rings. The van der Waals surface area contributed by atoms with Gasteiger partial charge in [0.05, 0.1) is 0 Å². The molecular formula is HeO2Ti. The number of rotatable bonds is 0. The maximum absolute atomic E-state index is 0. The molecule has 0 bridgehead atoms. The van der Waals surface area contributed by atoms with Gasteiger partial charge in [0.25, 0.3) is 0 Å². The van der Waals surface area contributed by atoms with E-state index in [2.05, 4.69) is 0 Å². The van der Waals surface area contributed by atoms with Crippen LogP contribution in [0.1, 0.15) is 0 Å². The predicted molar refractivity (Wildman–Crippen MR) is 1.37 cm³/mol. The topological polar surface area (TPSA) is 57.0 Å². The van der Waals surface area contributed by atoms with Crippen LogP contribution in [0.4, 0.5) is 0 Å². The zero-order chi connectivity index (χ0) is 0. The molecule has 0 aliphatic heterocycles. The standard InChI is InChI=1S/He.2O.Ti/q;2*-2;+4. The molecule has 18 valence electrons. The van der Waals surface area contributed by atoms with Gasteiger partial charge in [0.1, 0.15) is 0 Å².